The van der Waals surface area contributed by atoms with Gasteiger partial charge >= 0.3 is 11.8 Å². The first-order valence-electron chi connectivity index (χ1n) is 8.15. The molecule has 2 saturated heterocycles. The first-order chi connectivity index (χ1) is 11.1. The number of benzene rings is 1. The van der Waals surface area contributed by atoms with E-state index < -0.39 is 6.09 Å². The van der Waals surface area contributed by atoms with Crippen molar-refractivity contribution in [1.82, 2.24) is 14.0 Å². The Balaban J connectivity index is 1.61. The lowest BCUT2D eigenvalue weighted by Gasteiger charge is -2.35. The van der Waals surface area contributed by atoms with Crippen molar-refractivity contribution in [3.8, 4) is 0 Å². The molecule has 0 spiro atoms. The number of hydrogen-bond acceptors (Lipinski definition) is 4. The van der Waals surface area contributed by atoms with Crippen LogP contribution in [0, 0.1) is 0 Å². The molecule has 3 heterocycles. The molecular weight excluding hydrogens is 294 g/mol. The van der Waals surface area contributed by atoms with Crippen molar-refractivity contribution in [2.45, 2.75) is 43.9 Å². The number of carbonyl (C=O) groups is 1. The molecule has 2 fully saturated rings. The minimum Gasteiger partial charge on any atom is -0.445 e. The van der Waals surface area contributed by atoms with Gasteiger partial charge in [0.2, 0.25) is 0 Å². The third-order valence-electron chi connectivity index (χ3n) is 5.47. The number of aryl methyl sites for hydroxylation is 1. The third-order valence-corrected chi connectivity index (χ3v) is 5.47. The van der Waals surface area contributed by atoms with Crippen LogP contribution in [-0.4, -0.2) is 45.4 Å². The summed E-state index contributed by atoms with van der Waals surface area (Å²) in [6, 6.07) is 8.27. The lowest BCUT2D eigenvalue weighted by molar-refractivity contribution is 0.0290. The molecule has 1 aromatic carbocycles. The second-order valence-corrected chi connectivity index (χ2v) is 6.69. The average Bonchev–Trinajstić information content (AvgIpc) is 2.90. The van der Waals surface area contributed by atoms with Crippen LogP contribution < -0.4 is 5.69 Å². The van der Waals surface area contributed by atoms with Crippen molar-refractivity contribution in [2.75, 3.05) is 7.05 Å². The summed E-state index contributed by atoms with van der Waals surface area (Å²) in [6.07, 6.45) is 3.41. The zero-order valence-corrected chi connectivity index (χ0v) is 13.4. The van der Waals surface area contributed by atoms with Crippen molar-refractivity contribution in [3.05, 3.63) is 34.7 Å². The highest BCUT2D eigenvalue weighted by molar-refractivity contribution is 5.86. The summed E-state index contributed by atoms with van der Waals surface area (Å²) < 4.78 is 8.32. The number of piperidine rings is 1. The second kappa shape index (κ2) is 5.23. The van der Waals surface area contributed by atoms with Gasteiger partial charge in [-0.05, 0) is 32.0 Å². The first-order valence-corrected chi connectivity index (χ1v) is 8.15. The summed E-state index contributed by atoms with van der Waals surface area (Å²) in [6.45, 7) is 0. The van der Waals surface area contributed by atoms with Gasteiger partial charge in [-0.1, -0.05) is 12.1 Å². The molecule has 4 rings (SSSR count). The van der Waals surface area contributed by atoms with Crippen LogP contribution in [0.2, 0.25) is 0 Å². The van der Waals surface area contributed by atoms with Gasteiger partial charge in [-0.2, -0.15) is 4.57 Å². The lowest BCUT2D eigenvalue weighted by Crippen LogP contribution is -2.44. The third kappa shape index (κ3) is 2.20. The van der Waals surface area contributed by atoms with Gasteiger partial charge in [0.25, 0.3) is 0 Å². The largest absolute Gasteiger partial charge is 0.445 e. The van der Waals surface area contributed by atoms with Crippen LogP contribution in [0.25, 0.3) is 11.0 Å². The molecule has 2 aromatic rings. The Morgan fingerprint density at radius 2 is 1.70 bits per heavy atom. The Morgan fingerprint density at radius 3 is 2.35 bits per heavy atom. The van der Waals surface area contributed by atoms with E-state index in [1.165, 1.54) is 17.4 Å². The number of aromatic nitrogens is 2. The molecule has 2 atom stereocenters. The number of imidazole rings is 1. The van der Waals surface area contributed by atoms with Gasteiger partial charge in [-0.15, -0.1) is 0 Å². The maximum atomic E-state index is 12.6. The standard InChI is InChI=1S/C17H21N3O3/c1-18-11-7-8-12(18)10-13(9-11)23-17(22)20-15-6-4-3-5-14(15)19(2)16(20)21/h3-6,11-13H,7-10H2,1-2H3. The molecule has 2 aliphatic rings. The van der Waals surface area contributed by atoms with Crippen molar-refractivity contribution in [1.29, 1.82) is 0 Å². The SMILES string of the molecule is CN1C2CCC1CC(OC(=O)n1c(=O)n(C)c3ccccc31)C2. The highest BCUT2D eigenvalue weighted by Gasteiger charge is 2.40. The van der Waals surface area contributed by atoms with Crippen LogP contribution in [0.1, 0.15) is 25.7 Å². The monoisotopic (exact) mass is 315 g/mol. The average molecular weight is 315 g/mol. The molecule has 2 aliphatic heterocycles. The summed E-state index contributed by atoms with van der Waals surface area (Å²) in [5.74, 6) is 0. The van der Waals surface area contributed by atoms with E-state index in [1.807, 2.05) is 18.2 Å². The van der Waals surface area contributed by atoms with Crippen LogP contribution in [0.4, 0.5) is 4.79 Å². The summed E-state index contributed by atoms with van der Waals surface area (Å²) >= 11 is 0. The molecule has 0 radical (unpaired) electrons. The van der Waals surface area contributed by atoms with Crippen LogP contribution in [0.5, 0.6) is 0 Å². The van der Waals surface area contributed by atoms with Gasteiger partial charge in [-0.3, -0.25) is 4.57 Å². The fraction of sp³-hybridized carbons (Fsp3) is 0.529. The second-order valence-electron chi connectivity index (χ2n) is 6.69. The lowest BCUT2D eigenvalue weighted by atomic mass is 10.0. The quantitative estimate of drug-likeness (QED) is 0.807. The van der Waals surface area contributed by atoms with Crippen LogP contribution >= 0.6 is 0 Å². The van der Waals surface area contributed by atoms with Crippen molar-refractivity contribution >= 4 is 17.1 Å². The van der Waals surface area contributed by atoms with Crippen molar-refractivity contribution in [3.63, 3.8) is 0 Å². The van der Waals surface area contributed by atoms with Crippen LogP contribution in [0.3, 0.4) is 0 Å². The minimum atomic E-state index is -0.555. The molecule has 0 aliphatic carbocycles. The van der Waals surface area contributed by atoms with Crippen LogP contribution in [0.15, 0.2) is 29.1 Å². The van der Waals surface area contributed by atoms with Gasteiger partial charge in [0, 0.05) is 32.0 Å². The molecule has 6 nitrogen and oxygen atoms in total. The molecule has 23 heavy (non-hydrogen) atoms. The molecule has 122 valence electrons. The van der Waals surface area contributed by atoms with Gasteiger partial charge in [0.1, 0.15) is 6.10 Å². The Labute approximate surface area is 134 Å². The number of fused-ring (bicyclic) bond motifs is 3. The number of para-hydroxylation sites is 2. The number of rotatable bonds is 1. The summed E-state index contributed by atoms with van der Waals surface area (Å²) in [5, 5.41) is 0. The zero-order chi connectivity index (χ0) is 16.1. The van der Waals surface area contributed by atoms with E-state index in [0.717, 1.165) is 22.9 Å². The summed E-state index contributed by atoms with van der Waals surface area (Å²) in [5.41, 5.74) is 0.978. The topological polar surface area (TPSA) is 56.5 Å². The van der Waals surface area contributed by atoms with E-state index >= 15 is 0 Å². The Bertz CT molecular complexity index is 808. The van der Waals surface area contributed by atoms with Crippen molar-refractivity contribution in [2.24, 2.45) is 7.05 Å². The van der Waals surface area contributed by atoms with Crippen LogP contribution in [-0.2, 0) is 11.8 Å². The van der Waals surface area contributed by atoms with E-state index in [4.69, 9.17) is 4.74 Å². The van der Waals surface area contributed by atoms with E-state index in [1.54, 1.807) is 13.1 Å². The molecule has 6 heteroatoms. The highest BCUT2D eigenvalue weighted by atomic mass is 16.6. The zero-order valence-electron chi connectivity index (χ0n) is 13.4. The maximum absolute atomic E-state index is 12.6. The minimum absolute atomic E-state index is 0.0953. The Kier molecular flexibility index (Phi) is 3.30. The normalized spacial score (nSPS) is 27.5. The Morgan fingerprint density at radius 1 is 1.09 bits per heavy atom. The highest BCUT2D eigenvalue weighted by Crippen LogP contribution is 2.35. The number of hydrogen-bond donors (Lipinski definition) is 0. The number of nitrogens with zero attached hydrogens (tertiary/aromatic N) is 3. The molecular formula is C17H21N3O3. The maximum Gasteiger partial charge on any atom is 0.423 e. The predicted octanol–water partition coefficient (Wildman–Crippen LogP) is 1.95. The molecule has 2 bridgehead atoms. The predicted molar refractivity (Wildman–Crippen MR) is 86.7 cm³/mol. The number of carbonyl (C=O) groups excluding carboxylic acids is 1. The molecule has 0 N–H and O–H groups in total. The van der Waals surface area contributed by atoms with E-state index in [9.17, 15) is 9.59 Å². The Hall–Kier alpha value is -2.08. The summed E-state index contributed by atoms with van der Waals surface area (Å²) in [4.78, 5) is 27.4. The van der Waals surface area contributed by atoms with Gasteiger partial charge in [-0.25, -0.2) is 9.59 Å². The fourth-order valence-electron chi connectivity index (χ4n) is 4.12. The fourth-order valence-corrected chi connectivity index (χ4v) is 4.12. The van der Waals surface area contributed by atoms with Gasteiger partial charge < -0.3 is 9.64 Å². The van der Waals surface area contributed by atoms with Gasteiger partial charge in [0.05, 0.1) is 11.0 Å². The molecule has 1 aromatic heterocycles. The summed E-state index contributed by atoms with van der Waals surface area (Å²) in [7, 11) is 3.82. The molecule has 2 unspecified atom stereocenters. The van der Waals surface area contributed by atoms with E-state index in [2.05, 4.69) is 11.9 Å². The van der Waals surface area contributed by atoms with E-state index in [-0.39, 0.29) is 11.8 Å². The first kappa shape index (κ1) is 14.5. The van der Waals surface area contributed by atoms with Crippen molar-refractivity contribution < 1.29 is 9.53 Å². The number of ether oxygens (including phenoxy) is 1. The molecule has 0 saturated carbocycles. The molecule has 0 amide bonds. The smallest absolute Gasteiger partial charge is 0.423 e. The van der Waals surface area contributed by atoms with E-state index in [0.29, 0.717) is 17.6 Å². The van der Waals surface area contributed by atoms with Gasteiger partial charge in [0.15, 0.2) is 0 Å².